The summed E-state index contributed by atoms with van der Waals surface area (Å²) >= 11 is 4.70. The molecule has 0 aromatic carbocycles. The van der Waals surface area contributed by atoms with Crippen molar-refractivity contribution in [1.82, 2.24) is 0 Å². The molecule has 2 N–H and O–H groups in total. The third kappa shape index (κ3) is 2.02. The van der Waals surface area contributed by atoms with Crippen molar-refractivity contribution in [3.63, 3.8) is 0 Å². The average molecular weight is 237 g/mol. The Hall–Kier alpha value is 0.100. The molecule has 4 heteroatoms. The van der Waals surface area contributed by atoms with E-state index in [1.807, 2.05) is 11.4 Å². The highest BCUT2D eigenvalue weighted by Gasteiger charge is 2.17. The van der Waals surface area contributed by atoms with Gasteiger partial charge in [0.1, 0.15) is 6.10 Å². The van der Waals surface area contributed by atoms with Crippen molar-refractivity contribution >= 4 is 27.3 Å². The van der Waals surface area contributed by atoms with Crippen LogP contribution >= 0.6 is 27.3 Å². The van der Waals surface area contributed by atoms with E-state index in [1.54, 1.807) is 6.92 Å². The zero-order chi connectivity index (χ0) is 8.43. The number of hydrogen-bond donors (Lipinski definition) is 2. The maximum atomic E-state index is 9.40. The summed E-state index contributed by atoms with van der Waals surface area (Å²) < 4.78 is 0.857. The minimum atomic E-state index is -0.774. The first-order valence-electron chi connectivity index (χ1n) is 3.22. The summed E-state index contributed by atoms with van der Waals surface area (Å²) in [6.07, 6.45) is -1.49. The van der Waals surface area contributed by atoms with E-state index in [4.69, 9.17) is 5.11 Å². The van der Waals surface area contributed by atoms with Crippen LogP contribution in [0.4, 0.5) is 0 Å². The molecule has 0 spiro atoms. The van der Waals surface area contributed by atoms with E-state index in [2.05, 4.69) is 15.9 Å². The molecule has 1 aromatic heterocycles. The Kier molecular flexibility index (Phi) is 3.06. The van der Waals surface area contributed by atoms with Crippen LogP contribution in [0.5, 0.6) is 0 Å². The van der Waals surface area contributed by atoms with Crippen LogP contribution in [0.3, 0.4) is 0 Å². The molecule has 1 rings (SSSR count). The minimum absolute atomic E-state index is 0.718. The third-order valence-corrected chi connectivity index (χ3v) is 3.31. The topological polar surface area (TPSA) is 40.5 Å². The number of aliphatic hydroxyl groups excluding tert-OH is 2. The summed E-state index contributed by atoms with van der Waals surface area (Å²) in [4.78, 5) is 0.778. The Bertz CT molecular complexity index is 234. The average Bonchev–Trinajstić information content (AvgIpc) is 2.33. The molecule has 62 valence electrons. The summed E-state index contributed by atoms with van der Waals surface area (Å²) in [6, 6.07) is 1.85. The van der Waals surface area contributed by atoms with Gasteiger partial charge in [0.15, 0.2) is 0 Å². The molecule has 0 radical (unpaired) electrons. The Morgan fingerprint density at radius 3 is 2.55 bits per heavy atom. The molecule has 0 fully saturated rings. The predicted octanol–water partition coefficient (Wildman–Crippen LogP) is 1.92. The standard InChI is InChI=1S/C7H9BrO2S/c1-4(9)6(10)7-5(8)2-3-11-7/h2-4,6,9-10H,1H3. The van der Waals surface area contributed by atoms with Crippen LogP contribution < -0.4 is 0 Å². The highest BCUT2D eigenvalue weighted by molar-refractivity contribution is 9.10. The highest BCUT2D eigenvalue weighted by Crippen LogP contribution is 2.30. The van der Waals surface area contributed by atoms with E-state index in [0.717, 1.165) is 9.35 Å². The number of hydrogen-bond acceptors (Lipinski definition) is 3. The molecule has 2 atom stereocenters. The Balaban J connectivity index is 2.84. The van der Waals surface area contributed by atoms with Gasteiger partial charge in [0.25, 0.3) is 0 Å². The van der Waals surface area contributed by atoms with Crippen molar-refractivity contribution in [2.24, 2.45) is 0 Å². The van der Waals surface area contributed by atoms with Gasteiger partial charge >= 0.3 is 0 Å². The van der Waals surface area contributed by atoms with Crippen LogP contribution in [0.2, 0.25) is 0 Å². The molecule has 2 unspecified atom stereocenters. The lowest BCUT2D eigenvalue weighted by atomic mass is 10.2. The number of aliphatic hydroxyl groups is 2. The monoisotopic (exact) mass is 236 g/mol. The molecule has 2 nitrogen and oxygen atoms in total. The van der Waals surface area contributed by atoms with Crippen molar-refractivity contribution in [1.29, 1.82) is 0 Å². The van der Waals surface area contributed by atoms with Gasteiger partial charge in [-0.15, -0.1) is 11.3 Å². The first kappa shape index (κ1) is 9.19. The van der Waals surface area contributed by atoms with E-state index in [-0.39, 0.29) is 0 Å². The van der Waals surface area contributed by atoms with E-state index < -0.39 is 12.2 Å². The zero-order valence-electron chi connectivity index (χ0n) is 5.99. The molecule has 1 aromatic rings. The quantitative estimate of drug-likeness (QED) is 0.824. The maximum absolute atomic E-state index is 9.40. The lowest BCUT2D eigenvalue weighted by molar-refractivity contribution is 0.0324. The fourth-order valence-corrected chi connectivity index (χ4v) is 2.43. The molecule has 0 saturated heterocycles. The zero-order valence-corrected chi connectivity index (χ0v) is 8.39. The molecule has 0 aliphatic rings. The van der Waals surface area contributed by atoms with E-state index in [9.17, 15) is 5.11 Å². The summed E-state index contributed by atoms with van der Waals surface area (Å²) in [7, 11) is 0. The molecule has 0 bridgehead atoms. The van der Waals surface area contributed by atoms with Gasteiger partial charge in [0.2, 0.25) is 0 Å². The molecule has 0 aliphatic carbocycles. The molecular weight excluding hydrogens is 228 g/mol. The number of halogens is 1. The number of rotatable bonds is 2. The fourth-order valence-electron chi connectivity index (χ4n) is 0.736. The van der Waals surface area contributed by atoms with E-state index in [0.29, 0.717) is 0 Å². The normalized spacial score (nSPS) is 16.4. The van der Waals surface area contributed by atoms with Gasteiger partial charge in [-0.2, -0.15) is 0 Å². The second-order valence-electron chi connectivity index (χ2n) is 2.32. The summed E-state index contributed by atoms with van der Waals surface area (Å²) in [5.74, 6) is 0. The van der Waals surface area contributed by atoms with Crippen molar-refractivity contribution in [2.45, 2.75) is 19.1 Å². The fraction of sp³-hybridized carbons (Fsp3) is 0.429. The van der Waals surface area contributed by atoms with Gasteiger partial charge in [-0.3, -0.25) is 0 Å². The van der Waals surface area contributed by atoms with Crippen molar-refractivity contribution in [3.05, 3.63) is 20.8 Å². The largest absolute Gasteiger partial charge is 0.390 e. The Morgan fingerprint density at radius 2 is 2.18 bits per heavy atom. The second-order valence-corrected chi connectivity index (χ2v) is 4.12. The van der Waals surface area contributed by atoms with E-state index in [1.165, 1.54) is 11.3 Å². The van der Waals surface area contributed by atoms with Gasteiger partial charge < -0.3 is 10.2 Å². The third-order valence-electron chi connectivity index (χ3n) is 1.37. The van der Waals surface area contributed by atoms with Gasteiger partial charge in [-0.25, -0.2) is 0 Å². The Labute approximate surface area is 77.6 Å². The predicted molar refractivity (Wildman–Crippen MR) is 48.7 cm³/mol. The smallest absolute Gasteiger partial charge is 0.115 e. The highest BCUT2D eigenvalue weighted by atomic mass is 79.9. The Morgan fingerprint density at radius 1 is 1.55 bits per heavy atom. The van der Waals surface area contributed by atoms with Crippen LogP contribution in [0, 0.1) is 0 Å². The van der Waals surface area contributed by atoms with E-state index >= 15 is 0 Å². The van der Waals surface area contributed by atoms with Crippen LogP contribution in [0.25, 0.3) is 0 Å². The van der Waals surface area contributed by atoms with Crippen LogP contribution in [-0.4, -0.2) is 16.3 Å². The number of thiophene rings is 1. The molecular formula is C7H9BrO2S. The van der Waals surface area contributed by atoms with Gasteiger partial charge in [0, 0.05) is 9.35 Å². The molecule has 0 saturated carbocycles. The van der Waals surface area contributed by atoms with Gasteiger partial charge in [-0.1, -0.05) is 0 Å². The molecule has 0 aliphatic heterocycles. The van der Waals surface area contributed by atoms with Crippen molar-refractivity contribution < 1.29 is 10.2 Å². The summed E-state index contributed by atoms with van der Waals surface area (Å²) in [5.41, 5.74) is 0. The summed E-state index contributed by atoms with van der Waals surface area (Å²) in [6.45, 7) is 1.57. The van der Waals surface area contributed by atoms with Crippen molar-refractivity contribution in [3.8, 4) is 0 Å². The minimum Gasteiger partial charge on any atom is -0.390 e. The molecule has 0 amide bonds. The maximum Gasteiger partial charge on any atom is 0.115 e. The van der Waals surface area contributed by atoms with Gasteiger partial charge in [0.05, 0.1) is 6.10 Å². The summed E-state index contributed by atoms with van der Waals surface area (Å²) in [5, 5.41) is 20.3. The lowest BCUT2D eigenvalue weighted by Crippen LogP contribution is -2.12. The first-order valence-corrected chi connectivity index (χ1v) is 4.89. The molecule has 1 heterocycles. The van der Waals surface area contributed by atoms with Crippen molar-refractivity contribution in [2.75, 3.05) is 0 Å². The lowest BCUT2D eigenvalue weighted by Gasteiger charge is -2.11. The van der Waals surface area contributed by atoms with Crippen LogP contribution in [0.1, 0.15) is 17.9 Å². The first-order chi connectivity index (χ1) is 5.13. The molecule has 11 heavy (non-hydrogen) atoms. The van der Waals surface area contributed by atoms with Crippen LogP contribution in [-0.2, 0) is 0 Å². The van der Waals surface area contributed by atoms with Crippen LogP contribution in [0.15, 0.2) is 15.9 Å². The van der Waals surface area contributed by atoms with Gasteiger partial charge in [-0.05, 0) is 34.3 Å². The second kappa shape index (κ2) is 3.67. The SMILES string of the molecule is CC(O)C(O)c1sccc1Br.